The Morgan fingerprint density at radius 1 is 0.571 bits per heavy atom. The summed E-state index contributed by atoms with van der Waals surface area (Å²) in [4.78, 5) is 9.18. The number of fused-ring (bicyclic) bond motifs is 1. The Bertz CT molecular complexity index is 823. The van der Waals surface area contributed by atoms with Crippen LogP contribution < -0.4 is 10.9 Å². The van der Waals surface area contributed by atoms with E-state index >= 15 is 0 Å². The van der Waals surface area contributed by atoms with Crippen molar-refractivity contribution in [2.24, 2.45) is 0 Å². The van der Waals surface area contributed by atoms with E-state index in [2.05, 4.69) is 9.97 Å². The van der Waals surface area contributed by atoms with Gasteiger partial charge in [-0.1, -0.05) is 12.1 Å². The quantitative estimate of drug-likeness (QED) is 0.743. The predicted molar refractivity (Wildman–Crippen MR) is 111 cm³/mol. The normalized spacial score (nSPS) is 24.9. The van der Waals surface area contributed by atoms with Crippen LogP contribution in [0, 0.1) is 0 Å². The van der Waals surface area contributed by atoms with Crippen LogP contribution in [0.2, 0.25) is 0 Å². The molecule has 2 aliphatic heterocycles. The van der Waals surface area contributed by atoms with E-state index in [1.165, 1.54) is 0 Å². The van der Waals surface area contributed by atoms with Crippen molar-refractivity contribution in [3.05, 3.63) is 24.5 Å². The zero-order valence-corrected chi connectivity index (χ0v) is 18.0. The van der Waals surface area contributed by atoms with Gasteiger partial charge in [-0.05, 0) is 55.4 Å². The van der Waals surface area contributed by atoms with Crippen LogP contribution in [0.25, 0.3) is 11.0 Å². The second kappa shape index (κ2) is 6.02. The molecule has 8 heteroatoms. The molecule has 2 aromatic rings. The first-order valence-electron chi connectivity index (χ1n) is 9.79. The first-order chi connectivity index (χ1) is 12.8. The third kappa shape index (κ3) is 2.89. The van der Waals surface area contributed by atoms with Crippen molar-refractivity contribution >= 4 is 36.2 Å². The molecule has 0 aliphatic carbocycles. The van der Waals surface area contributed by atoms with Gasteiger partial charge in [0.2, 0.25) is 0 Å². The molecule has 0 atom stereocenters. The van der Waals surface area contributed by atoms with Gasteiger partial charge in [-0.25, -0.2) is 0 Å². The number of rotatable bonds is 2. The Morgan fingerprint density at radius 2 is 0.857 bits per heavy atom. The Morgan fingerprint density at radius 3 is 1.14 bits per heavy atom. The van der Waals surface area contributed by atoms with E-state index in [0.717, 1.165) is 22.0 Å². The smallest absolute Gasteiger partial charge is 0.399 e. The Hall–Kier alpha value is -1.47. The topological polar surface area (TPSA) is 62.7 Å². The van der Waals surface area contributed by atoms with Gasteiger partial charge in [0.1, 0.15) is 0 Å². The molecular weight excluding hydrogens is 354 g/mol. The first-order valence-corrected chi connectivity index (χ1v) is 9.79. The van der Waals surface area contributed by atoms with Crippen molar-refractivity contribution in [3.63, 3.8) is 0 Å². The molecular formula is C20H28B2N2O4. The number of hydrogen-bond donors (Lipinski definition) is 0. The van der Waals surface area contributed by atoms with E-state index < -0.39 is 36.6 Å². The van der Waals surface area contributed by atoms with Gasteiger partial charge >= 0.3 is 14.2 Å². The number of aromatic nitrogens is 2. The van der Waals surface area contributed by atoms with E-state index in [1.807, 2.05) is 67.5 Å². The third-order valence-corrected chi connectivity index (χ3v) is 6.70. The maximum atomic E-state index is 6.24. The molecule has 2 aliphatic rings. The molecule has 3 heterocycles. The van der Waals surface area contributed by atoms with E-state index in [4.69, 9.17) is 18.6 Å². The Kier molecular flexibility index (Phi) is 4.26. The maximum Gasteiger partial charge on any atom is 0.497 e. The van der Waals surface area contributed by atoms with Crippen LogP contribution in [0.15, 0.2) is 24.5 Å². The molecule has 0 amide bonds. The summed E-state index contributed by atoms with van der Waals surface area (Å²) in [6.45, 7) is 16.3. The van der Waals surface area contributed by atoms with Gasteiger partial charge in [-0.15, -0.1) is 0 Å². The molecule has 28 heavy (non-hydrogen) atoms. The van der Waals surface area contributed by atoms with Crippen molar-refractivity contribution in [1.82, 2.24) is 9.97 Å². The van der Waals surface area contributed by atoms with Gasteiger partial charge in [0.15, 0.2) is 0 Å². The Balaban J connectivity index is 1.77. The zero-order chi connectivity index (χ0) is 20.5. The standard InChI is InChI=1S/C20H28B2N2O4/c1-17(2)18(3,4)26-21(25-17)13-9-10-14(16-15(13)23-11-12-24-16)22-27-19(5,6)20(7,8)28-22/h9-12H,1-8H3. The third-order valence-electron chi connectivity index (χ3n) is 6.70. The van der Waals surface area contributed by atoms with Crippen molar-refractivity contribution in [2.45, 2.75) is 77.8 Å². The molecule has 2 fully saturated rings. The van der Waals surface area contributed by atoms with Gasteiger partial charge in [0, 0.05) is 23.3 Å². The minimum atomic E-state index is -0.503. The summed E-state index contributed by atoms with van der Waals surface area (Å²) >= 11 is 0. The van der Waals surface area contributed by atoms with E-state index in [1.54, 1.807) is 12.4 Å². The lowest BCUT2D eigenvalue weighted by Gasteiger charge is -2.32. The monoisotopic (exact) mass is 382 g/mol. The Labute approximate surface area is 167 Å². The van der Waals surface area contributed by atoms with E-state index in [9.17, 15) is 0 Å². The van der Waals surface area contributed by atoms with Crippen molar-refractivity contribution in [1.29, 1.82) is 0 Å². The van der Waals surface area contributed by atoms with Crippen LogP contribution in [0.4, 0.5) is 0 Å². The van der Waals surface area contributed by atoms with Crippen LogP contribution in [-0.4, -0.2) is 46.6 Å². The predicted octanol–water partition coefficient (Wildman–Crippen LogP) is 2.23. The average molecular weight is 382 g/mol. The summed E-state index contributed by atoms with van der Waals surface area (Å²) in [5.41, 5.74) is 1.53. The maximum absolute atomic E-state index is 6.24. The molecule has 148 valence electrons. The second-order valence-corrected chi connectivity index (χ2v) is 9.67. The highest BCUT2D eigenvalue weighted by Crippen LogP contribution is 2.38. The fourth-order valence-corrected chi connectivity index (χ4v) is 3.42. The highest BCUT2D eigenvalue weighted by molar-refractivity contribution is 6.68. The molecule has 0 saturated carbocycles. The van der Waals surface area contributed by atoms with Crippen LogP contribution in [-0.2, 0) is 18.6 Å². The lowest BCUT2D eigenvalue weighted by Crippen LogP contribution is -2.41. The van der Waals surface area contributed by atoms with E-state index in [-0.39, 0.29) is 0 Å². The second-order valence-electron chi connectivity index (χ2n) is 9.67. The number of nitrogens with zero attached hydrogens (tertiary/aromatic N) is 2. The van der Waals surface area contributed by atoms with E-state index in [0.29, 0.717) is 0 Å². The molecule has 6 nitrogen and oxygen atoms in total. The van der Waals surface area contributed by atoms with Crippen molar-refractivity contribution < 1.29 is 18.6 Å². The lowest BCUT2D eigenvalue weighted by atomic mass is 9.72. The summed E-state index contributed by atoms with van der Waals surface area (Å²) in [5.74, 6) is 0. The summed E-state index contributed by atoms with van der Waals surface area (Å²) in [6, 6.07) is 3.97. The van der Waals surface area contributed by atoms with Crippen LogP contribution >= 0.6 is 0 Å². The molecule has 1 aromatic carbocycles. The summed E-state index contributed by atoms with van der Waals surface area (Å²) < 4.78 is 24.9. The highest BCUT2D eigenvalue weighted by Gasteiger charge is 2.54. The molecule has 2 saturated heterocycles. The van der Waals surface area contributed by atoms with Gasteiger partial charge < -0.3 is 18.6 Å². The van der Waals surface area contributed by atoms with Crippen LogP contribution in [0.5, 0.6) is 0 Å². The van der Waals surface area contributed by atoms with Crippen LogP contribution in [0.3, 0.4) is 0 Å². The molecule has 4 rings (SSSR count). The summed E-state index contributed by atoms with van der Waals surface area (Å²) in [7, 11) is -1.01. The number of benzene rings is 1. The average Bonchev–Trinajstić information content (AvgIpc) is 2.93. The highest BCUT2D eigenvalue weighted by atomic mass is 16.7. The molecule has 1 aromatic heterocycles. The van der Waals surface area contributed by atoms with Crippen molar-refractivity contribution in [3.8, 4) is 0 Å². The van der Waals surface area contributed by atoms with Gasteiger partial charge in [-0.3, -0.25) is 9.97 Å². The lowest BCUT2D eigenvalue weighted by molar-refractivity contribution is 0.00578. The molecule has 0 N–H and O–H groups in total. The summed E-state index contributed by atoms with van der Waals surface area (Å²) in [5, 5.41) is 0. The fraction of sp³-hybridized carbons (Fsp3) is 0.600. The molecule has 0 radical (unpaired) electrons. The van der Waals surface area contributed by atoms with Gasteiger partial charge in [-0.2, -0.15) is 0 Å². The summed E-state index contributed by atoms with van der Waals surface area (Å²) in [6.07, 6.45) is 3.37. The molecule has 0 unspecified atom stereocenters. The largest absolute Gasteiger partial charge is 0.497 e. The fourth-order valence-electron chi connectivity index (χ4n) is 3.42. The minimum absolute atomic E-state index is 0.420. The minimum Gasteiger partial charge on any atom is -0.399 e. The zero-order valence-electron chi connectivity index (χ0n) is 18.0. The van der Waals surface area contributed by atoms with Gasteiger partial charge in [0.05, 0.1) is 33.4 Å². The van der Waals surface area contributed by atoms with Gasteiger partial charge in [0.25, 0.3) is 0 Å². The van der Waals surface area contributed by atoms with Crippen LogP contribution in [0.1, 0.15) is 55.4 Å². The number of hydrogen-bond acceptors (Lipinski definition) is 6. The first kappa shape index (κ1) is 19.8. The van der Waals surface area contributed by atoms with Crippen molar-refractivity contribution in [2.75, 3.05) is 0 Å². The molecule has 0 spiro atoms. The molecule has 0 bridgehead atoms. The SMILES string of the molecule is CC1(C)OB(c2ccc(B3OC(C)(C)C(C)(C)O3)c3nccnc23)OC1(C)C.